The van der Waals surface area contributed by atoms with Crippen LogP contribution in [0.5, 0.6) is 0 Å². The van der Waals surface area contributed by atoms with Crippen LogP contribution in [0.25, 0.3) is 0 Å². The average molecular weight is 414 g/mol. The van der Waals surface area contributed by atoms with Crippen molar-refractivity contribution in [1.82, 2.24) is 9.55 Å². The van der Waals surface area contributed by atoms with Crippen LogP contribution in [0.4, 0.5) is 0 Å². The van der Waals surface area contributed by atoms with Crippen molar-refractivity contribution in [2.75, 3.05) is 6.61 Å². The summed E-state index contributed by atoms with van der Waals surface area (Å²) in [6.45, 7) is -0.641. The second-order valence-corrected chi connectivity index (χ2v) is 9.13. The summed E-state index contributed by atoms with van der Waals surface area (Å²) in [6, 6.07) is 0.147. The molecule has 0 aliphatic heterocycles. The first-order chi connectivity index (χ1) is 11.9. The summed E-state index contributed by atoms with van der Waals surface area (Å²) in [5, 5.41) is 20.5. The van der Waals surface area contributed by atoms with E-state index in [1.807, 2.05) is 4.98 Å². The highest BCUT2D eigenvalue weighted by Gasteiger charge is 2.72. The predicted octanol–water partition coefficient (Wildman–Crippen LogP) is -1.95. The number of hydrogen-bond donors (Lipinski definition) is 6. The molecule has 2 aliphatic carbocycles. The lowest BCUT2D eigenvalue weighted by molar-refractivity contribution is -0.0306. The largest absolute Gasteiger partial charge is 0.481 e. The van der Waals surface area contributed by atoms with Gasteiger partial charge in [0.05, 0.1) is 18.8 Å². The molecule has 26 heavy (non-hydrogen) atoms. The number of nitrogens with one attached hydrogen (secondary N) is 1. The molecule has 0 saturated heterocycles. The minimum atomic E-state index is -5.28. The van der Waals surface area contributed by atoms with Crippen molar-refractivity contribution in [2.45, 2.75) is 24.7 Å². The van der Waals surface area contributed by atoms with Gasteiger partial charge < -0.3 is 24.9 Å². The maximum atomic E-state index is 11.9. The maximum Gasteiger partial charge on any atom is 0.481 e. The molecule has 6 atom stereocenters. The molecule has 1 aromatic heterocycles. The van der Waals surface area contributed by atoms with Crippen LogP contribution in [-0.2, 0) is 18.0 Å². The molecule has 0 amide bonds. The van der Waals surface area contributed by atoms with E-state index in [4.69, 9.17) is 9.79 Å². The Kier molecular flexibility index (Phi) is 4.67. The van der Waals surface area contributed by atoms with Gasteiger partial charge in [-0.1, -0.05) is 0 Å². The van der Waals surface area contributed by atoms with Gasteiger partial charge in [0, 0.05) is 17.7 Å². The lowest BCUT2D eigenvalue weighted by Crippen LogP contribution is -2.40. The Bertz CT molecular complexity index is 921. The lowest BCUT2D eigenvalue weighted by atomic mass is 10.0. The highest BCUT2D eigenvalue weighted by atomic mass is 31.3. The van der Waals surface area contributed by atoms with Crippen LogP contribution < -0.4 is 11.2 Å². The molecule has 1 aromatic rings. The van der Waals surface area contributed by atoms with E-state index in [0.29, 0.717) is 0 Å². The third-order valence-corrected chi connectivity index (χ3v) is 6.86. The number of phosphoric acid groups is 2. The minimum Gasteiger partial charge on any atom is -0.390 e. The molecular formula is C11H16N2O11P2. The Hall–Kier alpha value is -1.14. The zero-order chi connectivity index (χ0) is 19.5. The number of rotatable bonds is 6. The Morgan fingerprint density at radius 3 is 2.50 bits per heavy atom. The number of nitrogens with zero attached hydrogens (tertiary/aromatic N) is 1. The van der Waals surface area contributed by atoms with Crippen LogP contribution in [0, 0.1) is 11.3 Å². The summed E-state index contributed by atoms with van der Waals surface area (Å²) in [6.07, 6.45) is -1.50. The number of aromatic amines is 1. The minimum absolute atomic E-state index is 0.206. The fourth-order valence-corrected chi connectivity index (χ4v) is 5.22. The number of H-pyrrole nitrogens is 1. The molecule has 3 rings (SSSR count). The summed E-state index contributed by atoms with van der Waals surface area (Å²) in [7, 11) is -10.4. The number of aromatic nitrogens is 2. The van der Waals surface area contributed by atoms with E-state index >= 15 is 0 Å². The molecule has 0 radical (unpaired) electrons. The molecular weight excluding hydrogens is 398 g/mol. The van der Waals surface area contributed by atoms with Crippen molar-refractivity contribution in [3.63, 3.8) is 0 Å². The summed E-state index contributed by atoms with van der Waals surface area (Å²) in [4.78, 5) is 51.6. The first-order valence-electron chi connectivity index (χ1n) is 7.28. The molecule has 2 saturated carbocycles. The standard InChI is InChI=1S/C11H16N2O11P2/c14-6-1-2-13(10(17)12-6)7-5-3-11(5,9(16)8(7)15)4-23-26(21,22)24-25(18,19)20/h1-2,5,7-9,15-16H,3-4H2,(H,21,22)(H,12,14,17)(H2,18,19,20)/t5?,7-,8+,9+,11+/m1/s1. The fourth-order valence-electron chi connectivity index (χ4n) is 3.55. The molecule has 2 unspecified atom stereocenters. The molecule has 15 heteroatoms. The van der Waals surface area contributed by atoms with Gasteiger partial charge in [-0.15, -0.1) is 0 Å². The van der Waals surface area contributed by atoms with E-state index in [2.05, 4.69) is 8.83 Å². The van der Waals surface area contributed by atoms with Crippen molar-refractivity contribution in [3.05, 3.63) is 33.1 Å². The molecule has 0 aromatic carbocycles. The SMILES string of the molecule is O=c1ccn([C@@H]2C3C[C@@]3(COP(=O)(O)OP(=O)(O)O)[C@@H](O)[C@H]2O)c(=O)[nH]1. The highest BCUT2D eigenvalue weighted by Crippen LogP contribution is 2.69. The van der Waals surface area contributed by atoms with E-state index < -0.39 is 63.1 Å². The molecule has 0 bridgehead atoms. The fraction of sp³-hybridized carbons (Fsp3) is 0.636. The van der Waals surface area contributed by atoms with Gasteiger partial charge >= 0.3 is 21.3 Å². The smallest absolute Gasteiger partial charge is 0.390 e. The quantitative estimate of drug-likeness (QED) is 0.282. The van der Waals surface area contributed by atoms with Gasteiger partial charge in [-0.3, -0.25) is 18.9 Å². The van der Waals surface area contributed by atoms with Crippen LogP contribution in [0.3, 0.4) is 0 Å². The second-order valence-electron chi connectivity index (χ2n) is 6.30. The lowest BCUT2D eigenvalue weighted by Gasteiger charge is -2.24. The highest BCUT2D eigenvalue weighted by molar-refractivity contribution is 7.60. The van der Waals surface area contributed by atoms with Crippen molar-refractivity contribution in [3.8, 4) is 0 Å². The predicted molar refractivity (Wildman–Crippen MR) is 81.8 cm³/mol. The normalized spacial score (nSPS) is 35.7. The number of phosphoric ester groups is 1. The van der Waals surface area contributed by atoms with Gasteiger partial charge in [0.2, 0.25) is 0 Å². The van der Waals surface area contributed by atoms with E-state index in [0.717, 1.165) is 16.8 Å². The summed E-state index contributed by atoms with van der Waals surface area (Å²) >= 11 is 0. The Balaban J connectivity index is 1.79. The molecule has 2 aliphatic rings. The van der Waals surface area contributed by atoms with Gasteiger partial charge in [0.1, 0.15) is 6.10 Å². The summed E-state index contributed by atoms with van der Waals surface area (Å²) < 4.78 is 31.5. The summed E-state index contributed by atoms with van der Waals surface area (Å²) in [5.74, 6) is -0.536. The van der Waals surface area contributed by atoms with Crippen LogP contribution >= 0.6 is 15.6 Å². The van der Waals surface area contributed by atoms with Crippen molar-refractivity contribution < 1.29 is 42.9 Å². The topological polar surface area (TPSA) is 209 Å². The second kappa shape index (κ2) is 6.20. The molecule has 0 spiro atoms. The Morgan fingerprint density at radius 2 is 1.92 bits per heavy atom. The van der Waals surface area contributed by atoms with Crippen molar-refractivity contribution in [1.29, 1.82) is 0 Å². The molecule has 1 heterocycles. The van der Waals surface area contributed by atoms with Crippen LogP contribution in [-0.4, -0.2) is 53.3 Å². The first kappa shape index (κ1) is 19.6. The average Bonchev–Trinajstić information content (AvgIpc) is 3.15. The first-order valence-corrected chi connectivity index (χ1v) is 10.3. The van der Waals surface area contributed by atoms with Crippen molar-refractivity contribution in [2.24, 2.45) is 11.3 Å². The third-order valence-electron chi connectivity index (χ3n) is 4.73. The van der Waals surface area contributed by atoms with Crippen LogP contribution in [0.15, 0.2) is 21.9 Å². The zero-order valence-corrected chi connectivity index (χ0v) is 14.7. The van der Waals surface area contributed by atoms with Crippen molar-refractivity contribution >= 4 is 15.6 Å². The van der Waals surface area contributed by atoms with E-state index in [9.17, 15) is 33.8 Å². The molecule has 13 nitrogen and oxygen atoms in total. The monoisotopic (exact) mass is 414 g/mol. The zero-order valence-electron chi connectivity index (χ0n) is 12.9. The third kappa shape index (κ3) is 3.50. The van der Waals surface area contributed by atoms with Gasteiger partial charge in [0.25, 0.3) is 5.56 Å². The molecule has 6 N–H and O–H groups in total. The number of fused-ring (bicyclic) bond motifs is 1. The van der Waals surface area contributed by atoms with E-state index in [1.54, 1.807) is 0 Å². The van der Waals surface area contributed by atoms with Gasteiger partial charge in [-0.2, -0.15) is 4.31 Å². The van der Waals surface area contributed by atoms with E-state index in [-0.39, 0.29) is 6.42 Å². The van der Waals surface area contributed by atoms with Crippen LogP contribution in [0.2, 0.25) is 0 Å². The number of aliphatic hydroxyl groups excluding tert-OH is 2. The summed E-state index contributed by atoms with van der Waals surface area (Å²) in [5.41, 5.74) is -2.63. The number of hydrogen-bond acceptors (Lipinski definition) is 8. The Morgan fingerprint density at radius 1 is 1.27 bits per heavy atom. The van der Waals surface area contributed by atoms with Crippen LogP contribution in [0.1, 0.15) is 12.5 Å². The van der Waals surface area contributed by atoms with Gasteiger partial charge in [-0.25, -0.2) is 13.9 Å². The van der Waals surface area contributed by atoms with E-state index in [1.165, 1.54) is 0 Å². The van der Waals surface area contributed by atoms with Gasteiger partial charge in [0.15, 0.2) is 0 Å². The molecule has 2 fully saturated rings. The Labute approximate surface area is 144 Å². The number of aliphatic hydroxyl groups is 2. The molecule has 146 valence electrons. The van der Waals surface area contributed by atoms with Gasteiger partial charge in [-0.05, 0) is 12.3 Å². The maximum absolute atomic E-state index is 11.9.